The molecule has 0 unspecified atom stereocenters. The van der Waals surface area contributed by atoms with E-state index in [1.54, 1.807) is 12.1 Å². The van der Waals surface area contributed by atoms with Gasteiger partial charge in [0.05, 0.1) is 38.8 Å². The lowest BCUT2D eigenvalue weighted by atomic mass is 10.1. The number of carbonyl (C=O) groups excluding carboxylic acids is 2. The zero-order valence-electron chi connectivity index (χ0n) is 20.8. The molecule has 0 saturated carbocycles. The van der Waals surface area contributed by atoms with Crippen molar-refractivity contribution in [2.75, 3.05) is 10.6 Å². The highest BCUT2D eigenvalue weighted by atomic mass is 127. The molecule has 0 atom stereocenters. The number of non-ortho nitro benzene ring substituents is 1. The van der Waals surface area contributed by atoms with Crippen LogP contribution in [0.3, 0.4) is 0 Å². The number of nitrogens with one attached hydrogen (secondary N) is 4. The highest BCUT2D eigenvalue weighted by Crippen LogP contribution is 2.31. The predicted octanol–water partition coefficient (Wildman–Crippen LogP) is 7.26. The van der Waals surface area contributed by atoms with E-state index in [9.17, 15) is 28.5 Å². The van der Waals surface area contributed by atoms with E-state index >= 15 is 0 Å². The summed E-state index contributed by atoms with van der Waals surface area (Å²) in [5.41, 5.74) is 3.87. The van der Waals surface area contributed by atoms with Crippen molar-refractivity contribution in [3.8, 4) is 0 Å². The van der Waals surface area contributed by atoms with Crippen LogP contribution in [-0.2, 0) is 0 Å². The smallest absolute Gasteiger partial charge is 0.276 e. The van der Waals surface area contributed by atoms with Crippen LogP contribution in [0.4, 0.5) is 37.2 Å². The van der Waals surface area contributed by atoms with Crippen LogP contribution in [0.1, 0.15) is 20.7 Å². The molecule has 4 aromatic rings. The SMILES string of the molecule is O=C(NO)c1ccc(F)cc1Nc1ccc(I)cc1F.O=C(NO)c1ccc([N+](=O)[O-])cc1Nc1ccc(I)cc1Br. The average Bonchev–Trinajstić information content (AvgIpc) is 2.95. The first-order valence-electron chi connectivity index (χ1n) is 11.3. The summed E-state index contributed by atoms with van der Waals surface area (Å²) in [6, 6.07) is 16.9. The fraction of sp³-hybridized carbons (Fsp3) is 0. The Kier molecular flexibility index (Phi) is 11.9. The summed E-state index contributed by atoms with van der Waals surface area (Å²) in [7, 11) is 0. The van der Waals surface area contributed by atoms with Gasteiger partial charge in [-0.2, -0.15) is 0 Å². The van der Waals surface area contributed by atoms with Crippen LogP contribution in [0.25, 0.3) is 0 Å². The molecule has 4 rings (SSSR count). The molecule has 42 heavy (non-hydrogen) atoms. The van der Waals surface area contributed by atoms with Crippen molar-refractivity contribution in [2.24, 2.45) is 0 Å². The normalized spacial score (nSPS) is 10.2. The van der Waals surface area contributed by atoms with Crippen LogP contribution in [-0.4, -0.2) is 27.2 Å². The van der Waals surface area contributed by atoms with Gasteiger partial charge in [0.2, 0.25) is 0 Å². The van der Waals surface area contributed by atoms with Crippen molar-refractivity contribution in [2.45, 2.75) is 0 Å². The zero-order valence-corrected chi connectivity index (χ0v) is 26.7. The Balaban J connectivity index is 0.000000231. The number of carbonyl (C=O) groups is 2. The molecule has 0 fully saturated rings. The van der Waals surface area contributed by atoms with Gasteiger partial charge in [-0.1, -0.05) is 0 Å². The third-order valence-electron chi connectivity index (χ3n) is 5.29. The Morgan fingerprint density at radius 1 is 0.738 bits per heavy atom. The Hall–Kier alpha value is -3.46. The van der Waals surface area contributed by atoms with E-state index in [0.717, 1.165) is 20.2 Å². The maximum Gasteiger partial charge on any atom is 0.276 e. The lowest BCUT2D eigenvalue weighted by Gasteiger charge is -2.12. The van der Waals surface area contributed by atoms with E-state index in [-0.39, 0.29) is 33.9 Å². The molecule has 16 heteroatoms. The van der Waals surface area contributed by atoms with Gasteiger partial charge in [-0.3, -0.25) is 30.1 Å². The van der Waals surface area contributed by atoms with Crippen molar-refractivity contribution >= 4 is 101 Å². The largest absolute Gasteiger partial charge is 0.354 e. The lowest BCUT2D eigenvalue weighted by molar-refractivity contribution is -0.384. The summed E-state index contributed by atoms with van der Waals surface area (Å²) < 4.78 is 29.4. The number of rotatable bonds is 7. The number of hydrogen-bond donors (Lipinski definition) is 6. The maximum atomic E-state index is 13.7. The standard InChI is InChI=1S/C13H9BrIN3O4.C13H9F2IN2O2/c14-10-5-7(15)1-4-11(10)16-12-6-8(18(21)22)2-3-9(12)13(19)17-20;14-7-1-3-9(13(19)18-20)12(5-7)17-11-4-2-8(16)6-10(11)15/h1-6,16,20H,(H,17,19);1-6,17,20H,(H,18,19). The molecule has 218 valence electrons. The van der Waals surface area contributed by atoms with Crippen molar-refractivity contribution in [1.29, 1.82) is 0 Å². The molecule has 0 saturated heterocycles. The molecule has 6 N–H and O–H groups in total. The van der Waals surface area contributed by atoms with E-state index in [4.69, 9.17) is 10.4 Å². The van der Waals surface area contributed by atoms with Crippen LogP contribution >= 0.6 is 61.1 Å². The van der Waals surface area contributed by atoms with Gasteiger partial charge in [0.1, 0.15) is 11.6 Å². The Bertz CT molecular complexity index is 1660. The highest BCUT2D eigenvalue weighted by molar-refractivity contribution is 14.1. The lowest BCUT2D eigenvalue weighted by Crippen LogP contribution is -2.20. The molecule has 0 aliphatic rings. The number of hydrogen-bond acceptors (Lipinski definition) is 8. The van der Waals surface area contributed by atoms with Gasteiger partial charge in [-0.05, 0) is 122 Å². The monoisotopic (exact) mass is 867 g/mol. The van der Waals surface area contributed by atoms with Crippen molar-refractivity contribution in [3.05, 3.63) is 117 Å². The Morgan fingerprint density at radius 2 is 1.26 bits per heavy atom. The van der Waals surface area contributed by atoms with E-state index in [1.807, 2.05) is 34.7 Å². The van der Waals surface area contributed by atoms with Crippen LogP contribution < -0.4 is 21.6 Å². The van der Waals surface area contributed by atoms with Gasteiger partial charge in [0.15, 0.2) is 0 Å². The summed E-state index contributed by atoms with van der Waals surface area (Å²) >= 11 is 7.48. The van der Waals surface area contributed by atoms with Crippen LogP contribution in [0.15, 0.2) is 77.3 Å². The van der Waals surface area contributed by atoms with Crippen molar-refractivity contribution < 1.29 is 33.7 Å². The fourth-order valence-electron chi connectivity index (χ4n) is 3.36. The second kappa shape index (κ2) is 15.1. The topological polar surface area (TPSA) is 166 Å². The molecular weight excluding hydrogens is 850 g/mol. The molecule has 11 nitrogen and oxygen atoms in total. The first-order valence-corrected chi connectivity index (χ1v) is 14.3. The van der Waals surface area contributed by atoms with Gasteiger partial charge >= 0.3 is 0 Å². The molecule has 0 aliphatic heterocycles. The van der Waals surface area contributed by atoms with E-state index in [2.05, 4.69) is 49.2 Å². The van der Waals surface area contributed by atoms with Crippen LogP contribution in [0, 0.1) is 28.9 Å². The minimum atomic E-state index is -0.821. The highest BCUT2D eigenvalue weighted by Gasteiger charge is 2.17. The summed E-state index contributed by atoms with van der Waals surface area (Å²) in [5.74, 6) is -2.71. The average molecular weight is 868 g/mol. The van der Waals surface area contributed by atoms with E-state index in [1.165, 1.54) is 47.4 Å². The molecule has 0 aromatic heterocycles. The molecule has 0 radical (unpaired) electrons. The number of amides is 2. The number of hydroxylamine groups is 2. The number of anilines is 4. The second-order valence-corrected chi connectivity index (χ2v) is 11.4. The summed E-state index contributed by atoms with van der Waals surface area (Å²) in [6.07, 6.45) is 0. The summed E-state index contributed by atoms with van der Waals surface area (Å²) in [4.78, 5) is 33.4. The van der Waals surface area contributed by atoms with Gasteiger partial charge in [0.25, 0.3) is 17.5 Å². The molecule has 2 amide bonds. The zero-order chi connectivity index (χ0) is 31.0. The van der Waals surface area contributed by atoms with Gasteiger partial charge < -0.3 is 10.6 Å². The Morgan fingerprint density at radius 3 is 1.81 bits per heavy atom. The third-order valence-corrected chi connectivity index (χ3v) is 7.29. The molecule has 4 aromatic carbocycles. The molecule has 0 bridgehead atoms. The molecule has 0 heterocycles. The molecule has 0 aliphatic carbocycles. The quantitative estimate of drug-likeness (QED) is 0.0489. The van der Waals surface area contributed by atoms with Gasteiger partial charge in [-0.15, -0.1) is 0 Å². The minimum absolute atomic E-state index is 0.00755. The molecule has 0 spiro atoms. The van der Waals surface area contributed by atoms with Crippen molar-refractivity contribution in [3.63, 3.8) is 0 Å². The number of nitro benzene ring substituents is 1. The number of halogens is 5. The third kappa shape index (κ3) is 8.77. The van der Waals surface area contributed by atoms with Crippen LogP contribution in [0.5, 0.6) is 0 Å². The number of benzene rings is 4. The fourth-order valence-corrected chi connectivity index (χ4v) is 5.21. The summed E-state index contributed by atoms with van der Waals surface area (Å²) in [6.45, 7) is 0. The first-order chi connectivity index (χ1) is 19.9. The van der Waals surface area contributed by atoms with E-state index in [0.29, 0.717) is 9.26 Å². The number of nitrogens with zero attached hydrogens (tertiary/aromatic N) is 1. The predicted molar refractivity (Wildman–Crippen MR) is 171 cm³/mol. The number of nitro groups is 1. The Labute approximate surface area is 272 Å². The first kappa shape index (κ1) is 33.0. The van der Waals surface area contributed by atoms with Crippen molar-refractivity contribution in [1.82, 2.24) is 11.0 Å². The molecular formula is C26H18BrF2I2N5O6. The van der Waals surface area contributed by atoms with Crippen LogP contribution in [0.2, 0.25) is 0 Å². The van der Waals surface area contributed by atoms with Gasteiger partial charge in [-0.25, -0.2) is 19.7 Å². The van der Waals surface area contributed by atoms with E-state index < -0.39 is 28.4 Å². The maximum absolute atomic E-state index is 13.7. The summed E-state index contributed by atoms with van der Waals surface area (Å²) in [5, 5.41) is 33.9. The van der Waals surface area contributed by atoms with Gasteiger partial charge in [0, 0.05) is 23.7 Å². The minimum Gasteiger partial charge on any atom is -0.354 e. The second-order valence-electron chi connectivity index (χ2n) is 8.06.